The number of anilines is 12. The van der Waals surface area contributed by atoms with Crippen molar-refractivity contribution in [2.45, 2.75) is 38.5 Å². The quantitative estimate of drug-likeness (QED) is 0.128. The first-order valence-corrected chi connectivity index (χ1v) is 31.3. The van der Waals surface area contributed by atoms with E-state index < -0.39 is 0 Å². The summed E-state index contributed by atoms with van der Waals surface area (Å²) < 4.78 is 0. The largest absolute Gasteiger partial charge is 0.310 e. The Hall–Kier alpha value is -11.2. The molecule has 2 heterocycles. The topological polar surface area (TPSA) is 13.0 Å². The van der Waals surface area contributed by atoms with Crippen LogP contribution in [-0.2, 0) is 10.8 Å². The Kier molecular flexibility index (Phi) is 13.2. The highest BCUT2D eigenvalue weighted by Gasteiger charge is 2.39. The second-order valence-corrected chi connectivity index (χ2v) is 25.0. The summed E-state index contributed by atoms with van der Waals surface area (Å²) >= 11 is 0. The summed E-state index contributed by atoms with van der Waals surface area (Å²) in [5.41, 5.74) is 25.2. The van der Waals surface area contributed by atoms with Crippen molar-refractivity contribution in [3.05, 3.63) is 350 Å². The van der Waals surface area contributed by atoms with Crippen LogP contribution in [-0.4, -0.2) is 0 Å². The fourth-order valence-corrected chi connectivity index (χ4v) is 14.3. The standard InChI is InChI=1S/C86H66N4/c1-85(2)76-29-15-17-31-81(76)89(70-47-38-62(39-48-70)59-20-7-5-8-21-59)83-54-52-73(57-78(83)85)87(72-51-42-61-24-11-12-26-67(61)56-72)68-43-34-64(35-44-68)65-36-45-69(46-37-65)88(80-33-19-27-66-25-13-14-28-75(66)80)74-53-55-84-79(58-74)86(3,4)77-30-16-18-32-82(77)90(84)71-49-40-63(41-50-71)60-22-9-6-10-23-60/h5-58H,1-4H3. The molecule has 2 aliphatic heterocycles. The molecule has 14 aromatic rings. The lowest BCUT2D eigenvalue weighted by Gasteiger charge is -2.42. The van der Waals surface area contributed by atoms with E-state index in [0.29, 0.717) is 0 Å². The molecule has 0 atom stereocenters. The summed E-state index contributed by atoms with van der Waals surface area (Å²) in [6.07, 6.45) is 0. The van der Waals surface area contributed by atoms with E-state index >= 15 is 0 Å². The minimum atomic E-state index is -0.298. The van der Waals surface area contributed by atoms with Crippen molar-refractivity contribution in [2.75, 3.05) is 19.6 Å². The van der Waals surface area contributed by atoms with Crippen molar-refractivity contribution in [3.8, 4) is 33.4 Å². The van der Waals surface area contributed by atoms with Crippen LogP contribution in [0.2, 0.25) is 0 Å². The number of hydrogen-bond acceptors (Lipinski definition) is 4. The van der Waals surface area contributed by atoms with Crippen LogP contribution in [0.4, 0.5) is 68.2 Å². The number of fused-ring (bicyclic) bond motifs is 6. The van der Waals surface area contributed by atoms with Crippen LogP contribution in [0, 0.1) is 0 Å². The first-order chi connectivity index (χ1) is 44.1. The van der Waals surface area contributed by atoms with Gasteiger partial charge in [0.05, 0.1) is 28.4 Å². The molecule has 0 spiro atoms. The van der Waals surface area contributed by atoms with Gasteiger partial charge in [-0.2, -0.15) is 0 Å². The molecule has 16 rings (SSSR count). The number of rotatable bonds is 11. The molecular weight excluding hydrogens is 1090 g/mol. The molecule has 0 aromatic heterocycles. The number of benzene rings is 14. The molecule has 2 aliphatic rings. The lowest BCUT2D eigenvalue weighted by Crippen LogP contribution is -2.31. The first-order valence-electron chi connectivity index (χ1n) is 31.3. The summed E-state index contributed by atoms with van der Waals surface area (Å²) in [4.78, 5) is 9.77. The Morgan fingerprint density at radius 1 is 0.233 bits per heavy atom. The fraction of sp³-hybridized carbons (Fsp3) is 0.0698. The highest BCUT2D eigenvalue weighted by Crippen LogP contribution is 2.56. The van der Waals surface area contributed by atoms with Gasteiger partial charge in [0.1, 0.15) is 0 Å². The second-order valence-electron chi connectivity index (χ2n) is 25.0. The maximum atomic E-state index is 2.45. The maximum absolute atomic E-state index is 2.45. The van der Waals surface area contributed by atoms with Crippen molar-refractivity contribution in [1.82, 2.24) is 0 Å². The summed E-state index contributed by atoms with van der Waals surface area (Å²) in [5, 5.41) is 4.80. The first kappa shape index (κ1) is 54.2. The normalized spacial score (nSPS) is 13.5. The van der Waals surface area contributed by atoms with Crippen molar-refractivity contribution in [2.24, 2.45) is 0 Å². The summed E-state index contributed by atoms with van der Waals surface area (Å²) in [6.45, 7) is 9.50. The molecule has 4 nitrogen and oxygen atoms in total. The number of nitrogens with zero attached hydrogens (tertiary/aromatic N) is 4. The molecule has 0 N–H and O–H groups in total. The van der Waals surface area contributed by atoms with E-state index in [1.165, 1.54) is 88.8 Å². The smallest absolute Gasteiger partial charge is 0.0540 e. The van der Waals surface area contributed by atoms with E-state index in [9.17, 15) is 0 Å². The van der Waals surface area contributed by atoms with Gasteiger partial charge in [-0.1, -0.05) is 240 Å². The third kappa shape index (κ3) is 9.30. The van der Waals surface area contributed by atoms with Crippen molar-refractivity contribution >= 4 is 89.8 Å². The van der Waals surface area contributed by atoms with Gasteiger partial charge in [-0.15, -0.1) is 0 Å². The Morgan fingerprint density at radius 3 is 1.11 bits per heavy atom. The minimum Gasteiger partial charge on any atom is -0.310 e. The zero-order valence-corrected chi connectivity index (χ0v) is 51.0. The Morgan fingerprint density at radius 2 is 0.589 bits per heavy atom. The molecule has 14 aromatic carbocycles. The minimum absolute atomic E-state index is 0.294. The van der Waals surface area contributed by atoms with Gasteiger partial charge >= 0.3 is 0 Å². The van der Waals surface area contributed by atoms with E-state index in [-0.39, 0.29) is 10.8 Å². The summed E-state index contributed by atoms with van der Waals surface area (Å²) in [6, 6.07) is 121. The van der Waals surface area contributed by atoms with E-state index in [2.05, 4.69) is 375 Å². The maximum Gasteiger partial charge on any atom is 0.0540 e. The lowest BCUT2D eigenvalue weighted by atomic mass is 9.73. The SMILES string of the molecule is CC1(C)c2ccccc2N(c2ccc(-c3ccccc3)cc2)c2ccc(N(c3ccc(-c4ccc(N(c5ccc6c(c5)C(C)(C)c5ccccc5N6c5ccc(-c6ccccc6)cc5)c5cccc6ccccc56)cc4)cc3)c3ccc4ccccc4c3)cc21. The molecule has 0 saturated heterocycles. The van der Waals surface area contributed by atoms with Crippen LogP contribution in [0.1, 0.15) is 49.9 Å². The Labute approximate surface area is 528 Å². The number of para-hydroxylation sites is 2. The van der Waals surface area contributed by atoms with Crippen LogP contribution < -0.4 is 19.6 Å². The zero-order chi connectivity index (χ0) is 60.5. The van der Waals surface area contributed by atoms with Gasteiger partial charge in [0.25, 0.3) is 0 Å². The highest BCUT2D eigenvalue weighted by molar-refractivity contribution is 6.00. The molecule has 90 heavy (non-hydrogen) atoms. The van der Waals surface area contributed by atoms with Gasteiger partial charge < -0.3 is 19.6 Å². The Bertz CT molecular complexity index is 4990. The molecule has 0 aliphatic carbocycles. The van der Waals surface area contributed by atoms with E-state index in [0.717, 1.165) is 56.6 Å². The van der Waals surface area contributed by atoms with Crippen LogP contribution in [0.15, 0.2) is 328 Å². The second kappa shape index (κ2) is 21.9. The van der Waals surface area contributed by atoms with Crippen LogP contribution in [0.5, 0.6) is 0 Å². The number of hydrogen-bond donors (Lipinski definition) is 0. The summed E-state index contributed by atoms with van der Waals surface area (Å²) in [5.74, 6) is 0. The Balaban J connectivity index is 0.767. The van der Waals surface area contributed by atoms with Crippen LogP contribution in [0.25, 0.3) is 54.9 Å². The van der Waals surface area contributed by atoms with E-state index in [4.69, 9.17) is 0 Å². The van der Waals surface area contributed by atoms with Crippen LogP contribution in [0.3, 0.4) is 0 Å². The average Bonchev–Trinajstić information content (AvgIpc) is 0.747. The van der Waals surface area contributed by atoms with Crippen molar-refractivity contribution in [3.63, 3.8) is 0 Å². The molecule has 0 fully saturated rings. The van der Waals surface area contributed by atoms with Gasteiger partial charge in [0.2, 0.25) is 0 Å². The van der Waals surface area contributed by atoms with Gasteiger partial charge in [-0.3, -0.25) is 0 Å². The molecule has 0 saturated carbocycles. The molecule has 430 valence electrons. The van der Waals surface area contributed by atoms with Crippen LogP contribution >= 0.6 is 0 Å². The van der Waals surface area contributed by atoms with Gasteiger partial charge in [-0.25, -0.2) is 0 Å². The third-order valence-electron chi connectivity index (χ3n) is 19.0. The predicted octanol–water partition coefficient (Wildman–Crippen LogP) is 24.2. The molecule has 0 bridgehead atoms. The van der Waals surface area contributed by atoms with Gasteiger partial charge in [0.15, 0.2) is 0 Å². The van der Waals surface area contributed by atoms with Gasteiger partial charge in [0, 0.05) is 56.0 Å². The summed E-state index contributed by atoms with van der Waals surface area (Å²) in [7, 11) is 0. The molecular formula is C86H66N4. The highest BCUT2D eigenvalue weighted by atomic mass is 15.2. The molecule has 0 amide bonds. The zero-order valence-electron chi connectivity index (χ0n) is 51.0. The monoisotopic (exact) mass is 1150 g/mol. The van der Waals surface area contributed by atoms with E-state index in [1.807, 2.05) is 0 Å². The molecule has 0 radical (unpaired) electrons. The predicted molar refractivity (Wildman–Crippen MR) is 381 cm³/mol. The van der Waals surface area contributed by atoms with Crippen molar-refractivity contribution < 1.29 is 0 Å². The fourth-order valence-electron chi connectivity index (χ4n) is 14.3. The molecule has 4 heteroatoms. The van der Waals surface area contributed by atoms with E-state index in [1.54, 1.807) is 0 Å². The van der Waals surface area contributed by atoms with Crippen molar-refractivity contribution in [1.29, 1.82) is 0 Å². The molecule has 0 unspecified atom stereocenters. The third-order valence-corrected chi connectivity index (χ3v) is 19.0. The lowest BCUT2D eigenvalue weighted by molar-refractivity contribution is 0.632. The van der Waals surface area contributed by atoms with Gasteiger partial charge in [-0.05, 0) is 187 Å². The average molecular weight is 1160 g/mol.